The minimum absolute atomic E-state index is 0.0997. The van der Waals surface area contributed by atoms with Crippen molar-refractivity contribution >= 4 is 0 Å². The molecule has 0 amide bonds. The molecule has 1 aromatic carbocycles. The first-order chi connectivity index (χ1) is 7.45. The van der Waals surface area contributed by atoms with Crippen LogP contribution in [0.2, 0.25) is 0 Å². The van der Waals surface area contributed by atoms with E-state index in [1.165, 1.54) is 6.07 Å². The molecule has 2 rings (SSSR count). The molecule has 0 bridgehead atoms. The highest BCUT2D eigenvalue weighted by atomic mass is 19.4. The second-order valence-electron chi connectivity index (χ2n) is 4.04. The minimum atomic E-state index is -4.28. The number of hydrogen-bond acceptors (Lipinski definition) is 2. The number of halogens is 3. The highest BCUT2D eigenvalue weighted by molar-refractivity contribution is 5.42. The van der Waals surface area contributed by atoms with Gasteiger partial charge >= 0.3 is 6.18 Å². The van der Waals surface area contributed by atoms with Gasteiger partial charge in [-0.15, -0.1) is 0 Å². The molecule has 0 aromatic heterocycles. The third-order valence-corrected chi connectivity index (χ3v) is 3.04. The zero-order chi connectivity index (χ0) is 11.9. The summed E-state index contributed by atoms with van der Waals surface area (Å²) < 4.78 is 38.3. The summed E-state index contributed by atoms with van der Waals surface area (Å²) in [4.78, 5) is 1.85. The molecule has 1 aliphatic rings. The van der Waals surface area contributed by atoms with Crippen LogP contribution in [0, 0.1) is 0 Å². The summed E-state index contributed by atoms with van der Waals surface area (Å²) >= 11 is 0. The second kappa shape index (κ2) is 3.75. The number of likely N-dealkylation sites (N-methyl/N-ethyl adjacent to an activating group) is 1. The van der Waals surface area contributed by atoms with Crippen molar-refractivity contribution in [2.75, 3.05) is 13.6 Å². The van der Waals surface area contributed by atoms with Crippen LogP contribution in [0.5, 0.6) is 0 Å². The summed E-state index contributed by atoms with van der Waals surface area (Å²) in [6.07, 6.45) is -4.28. The first-order valence-corrected chi connectivity index (χ1v) is 5.04. The van der Waals surface area contributed by atoms with Gasteiger partial charge in [-0.3, -0.25) is 4.90 Å². The first-order valence-electron chi connectivity index (χ1n) is 5.04. The Bertz CT molecular complexity index is 401. The van der Waals surface area contributed by atoms with Crippen molar-refractivity contribution in [2.45, 2.75) is 18.8 Å². The van der Waals surface area contributed by atoms with Crippen molar-refractivity contribution in [1.29, 1.82) is 0 Å². The summed E-state index contributed by atoms with van der Waals surface area (Å²) in [6.45, 7) is 0.650. The molecule has 2 N–H and O–H groups in total. The van der Waals surface area contributed by atoms with Gasteiger partial charge in [0, 0.05) is 19.1 Å². The number of nitrogens with two attached hydrogens (primary N) is 1. The van der Waals surface area contributed by atoms with Crippen molar-refractivity contribution < 1.29 is 13.2 Å². The van der Waals surface area contributed by atoms with Crippen LogP contribution in [0.1, 0.15) is 22.7 Å². The topological polar surface area (TPSA) is 29.3 Å². The van der Waals surface area contributed by atoms with E-state index in [4.69, 9.17) is 5.73 Å². The van der Waals surface area contributed by atoms with Gasteiger partial charge in [0.05, 0.1) is 5.56 Å². The lowest BCUT2D eigenvalue weighted by molar-refractivity contribution is -0.138. The van der Waals surface area contributed by atoms with Crippen molar-refractivity contribution in [3.8, 4) is 0 Å². The minimum Gasteiger partial charge on any atom is -0.329 e. The monoisotopic (exact) mass is 230 g/mol. The lowest BCUT2D eigenvalue weighted by Crippen LogP contribution is -2.23. The Morgan fingerprint density at radius 3 is 2.69 bits per heavy atom. The highest BCUT2D eigenvalue weighted by Crippen LogP contribution is 2.40. The maximum atomic E-state index is 12.8. The van der Waals surface area contributed by atoms with Crippen LogP contribution in [0.25, 0.3) is 0 Å². The summed E-state index contributed by atoms with van der Waals surface area (Å²) in [5, 5.41) is 0. The quantitative estimate of drug-likeness (QED) is 0.801. The van der Waals surface area contributed by atoms with E-state index < -0.39 is 11.7 Å². The zero-order valence-electron chi connectivity index (χ0n) is 8.88. The van der Waals surface area contributed by atoms with Crippen molar-refractivity contribution in [2.24, 2.45) is 5.73 Å². The molecule has 0 radical (unpaired) electrons. The largest absolute Gasteiger partial charge is 0.416 e. The third kappa shape index (κ3) is 1.70. The second-order valence-corrected chi connectivity index (χ2v) is 4.04. The fraction of sp³-hybridized carbons (Fsp3) is 0.455. The Morgan fingerprint density at radius 2 is 2.12 bits per heavy atom. The van der Waals surface area contributed by atoms with Crippen LogP contribution >= 0.6 is 0 Å². The third-order valence-electron chi connectivity index (χ3n) is 3.04. The maximum absolute atomic E-state index is 12.8. The van der Waals surface area contributed by atoms with Gasteiger partial charge in [0.15, 0.2) is 0 Å². The molecule has 2 nitrogen and oxygen atoms in total. The number of alkyl halides is 3. The fourth-order valence-electron chi connectivity index (χ4n) is 2.26. The molecule has 0 spiro atoms. The Labute approximate surface area is 91.8 Å². The Morgan fingerprint density at radius 1 is 1.44 bits per heavy atom. The molecule has 0 fully saturated rings. The molecule has 1 heterocycles. The van der Waals surface area contributed by atoms with Crippen molar-refractivity contribution in [3.05, 3.63) is 34.9 Å². The SMILES string of the molecule is CN1Cc2c(cccc2C(F)(F)F)C1CN. The van der Waals surface area contributed by atoms with E-state index in [2.05, 4.69) is 0 Å². The number of fused-ring (bicyclic) bond motifs is 1. The molecule has 0 aliphatic carbocycles. The molecule has 1 aliphatic heterocycles. The van der Waals surface area contributed by atoms with Gasteiger partial charge in [-0.1, -0.05) is 12.1 Å². The van der Waals surface area contributed by atoms with Crippen LogP contribution < -0.4 is 5.73 Å². The van der Waals surface area contributed by atoms with Crippen molar-refractivity contribution in [3.63, 3.8) is 0 Å². The molecular formula is C11H13F3N2. The van der Waals surface area contributed by atoms with E-state index >= 15 is 0 Å². The molecule has 1 atom stereocenters. The molecule has 1 aromatic rings. The standard InChI is InChI=1S/C11H13F3N2/c1-16-6-8-7(10(16)5-15)3-2-4-9(8)11(12,13)14/h2-4,10H,5-6,15H2,1H3. The smallest absolute Gasteiger partial charge is 0.329 e. The van der Waals surface area contributed by atoms with Crippen LogP contribution in [-0.4, -0.2) is 18.5 Å². The van der Waals surface area contributed by atoms with Crippen LogP contribution in [0.15, 0.2) is 18.2 Å². The van der Waals surface area contributed by atoms with Gasteiger partial charge in [0.1, 0.15) is 0 Å². The van der Waals surface area contributed by atoms with E-state index in [9.17, 15) is 13.2 Å². The lowest BCUT2D eigenvalue weighted by Gasteiger charge is -2.17. The lowest BCUT2D eigenvalue weighted by atomic mass is 9.99. The van der Waals surface area contributed by atoms with Gasteiger partial charge in [-0.2, -0.15) is 13.2 Å². The zero-order valence-corrected chi connectivity index (χ0v) is 8.88. The van der Waals surface area contributed by atoms with Gasteiger partial charge in [0.25, 0.3) is 0 Å². The maximum Gasteiger partial charge on any atom is 0.416 e. The van der Waals surface area contributed by atoms with Crippen LogP contribution in [0.3, 0.4) is 0 Å². The van der Waals surface area contributed by atoms with Gasteiger partial charge in [0.2, 0.25) is 0 Å². The van der Waals surface area contributed by atoms with E-state index in [1.54, 1.807) is 13.1 Å². The van der Waals surface area contributed by atoms with Gasteiger partial charge in [-0.25, -0.2) is 0 Å². The van der Waals surface area contributed by atoms with Crippen LogP contribution in [-0.2, 0) is 12.7 Å². The number of hydrogen-bond donors (Lipinski definition) is 1. The van der Waals surface area contributed by atoms with Crippen LogP contribution in [0.4, 0.5) is 13.2 Å². The number of nitrogens with zero attached hydrogens (tertiary/aromatic N) is 1. The average Bonchev–Trinajstić information content (AvgIpc) is 2.50. The van der Waals surface area contributed by atoms with Gasteiger partial charge < -0.3 is 5.73 Å². The predicted octanol–water partition coefficient (Wildman–Crippen LogP) is 2.15. The normalized spacial score (nSPS) is 21.2. The van der Waals surface area contributed by atoms with E-state index in [-0.39, 0.29) is 6.04 Å². The Balaban J connectivity index is 2.52. The molecule has 0 saturated heterocycles. The summed E-state index contributed by atoms with van der Waals surface area (Å²) in [5.74, 6) is 0. The summed E-state index contributed by atoms with van der Waals surface area (Å²) in [7, 11) is 1.79. The Kier molecular flexibility index (Phi) is 2.67. The van der Waals surface area contributed by atoms with E-state index in [1.807, 2.05) is 4.90 Å². The highest BCUT2D eigenvalue weighted by Gasteiger charge is 2.38. The van der Waals surface area contributed by atoms with E-state index in [0.717, 1.165) is 6.07 Å². The number of rotatable bonds is 1. The molecular weight excluding hydrogens is 217 g/mol. The van der Waals surface area contributed by atoms with Crippen molar-refractivity contribution in [1.82, 2.24) is 4.90 Å². The first kappa shape index (κ1) is 11.4. The van der Waals surface area contributed by atoms with E-state index in [0.29, 0.717) is 24.2 Å². The summed E-state index contributed by atoms with van der Waals surface area (Å²) in [6, 6.07) is 4.21. The fourth-order valence-corrected chi connectivity index (χ4v) is 2.26. The molecule has 88 valence electrons. The summed E-state index contributed by atoms with van der Waals surface area (Å²) in [5.41, 5.74) is 6.12. The molecule has 0 saturated carbocycles. The van der Waals surface area contributed by atoms with Gasteiger partial charge in [-0.05, 0) is 24.2 Å². The molecule has 5 heteroatoms. The predicted molar refractivity (Wildman–Crippen MR) is 54.7 cm³/mol. The Hall–Kier alpha value is -1.07. The average molecular weight is 230 g/mol. The number of benzene rings is 1. The molecule has 1 unspecified atom stereocenters. The molecule has 16 heavy (non-hydrogen) atoms.